The molecule has 17 heavy (non-hydrogen) atoms. The summed E-state index contributed by atoms with van der Waals surface area (Å²) in [6, 6.07) is 5.79. The van der Waals surface area contributed by atoms with E-state index >= 15 is 0 Å². The number of hydrogen-bond acceptors (Lipinski definition) is 2. The van der Waals surface area contributed by atoms with Crippen LogP contribution >= 0.6 is 11.6 Å². The van der Waals surface area contributed by atoms with Gasteiger partial charge in [-0.2, -0.15) is 0 Å². The van der Waals surface area contributed by atoms with Gasteiger partial charge in [-0.15, -0.1) is 0 Å². The minimum absolute atomic E-state index is 0.807. The van der Waals surface area contributed by atoms with Crippen molar-refractivity contribution in [1.82, 2.24) is 4.90 Å². The van der Waals surface area contributed by atoms with Crippen LogP contribution in [0.3, 0.4) is 0 Å². The lowest BCUT2D eigenvalue weighted by molar-refractivity contribution is 0.304. The zero-order valence-corrected chi connectivity index (χ0v) is 10.8. The lowest BCUT2D eigenvalue weighted by Gasteiger charge is -2.18. The molecule has 0 radical (unpaired) electrons. The summed E-state index contributed by atoms with van der Waals surface area (Å²) in [5.74, 6) is 1.86. The zero-order chi connectivity index (χ0) is 11.8. The lowest BCUT2D eigenvalue weighted by Crippen LogP contribution is -2.22. The Morgan fingerprint density at radius 1 is 1.24 bits per heavy atom. The van der Waals surface area contributed by atoms with E-state index < -0.39 is 0 Å². The van der Waals surface area contributed by atoms with Crippen LogP contribution in [0.5, 0.6) is 0 Å². The molecule has 0 amide bonds. The van der Waals surface area contributed by atoms with Gasteiger partial charge >= 0.3 is 0 Å². The van der Waals surface area contributed by atoms with E-state index in [9.17, 15) is 0 Å². The Hall–Kier alpha value is -0.730. The SMILES string of the molecule is Nc1cccc(Cl)c1CN1CC2CCCC2C1. The average Bonchev–Trinajstić information content (AvgIpc) is 2.83. The molecule has 1 aromatic carbocycles. The van der Waals surface area contributed by atoms with Crippen LogP contribution in [0, 0.1) is 11.8 Å². The van der Waals surface area contributed by atoms with E-state index in [1.54, 1.807) is 0 Å². The quantitative estimate of drug-likeness (QED) is 0.817. The maximum absolute atomic E-state index is 6.22. The summed E-state index contributed by atoms with van der Waals surface area (Å²) in [7, 11) is 0. The molecule has 1 saturated heterocycles. The molecule has 0 bridgehead atoms. The van der Waals surface area contributed by atoms with Gasteiger partial charge in [-0.3, -0.25) is 4.90 Å². The highest BCUT2D eigenvalue weighted by atomic mass is 35.5. The third-order valence-electron chi connectivity index (χ3n) is 4.34. The molecule has 0 aromatic heterocycles. The van der Waals surface area contributed by atoms with E-state index in [2.05, 4.69) is 4.90 Å². The van der Waals surface area contributed by atoms with Gasteiger partial charge in [0.05, 0.1) is 0 Å². The number of benzene rings is 1. The van der Waals surface area contributed by atoms with E-state index in [-0.39, 0.29) is 0 Å². The Balaban J connectivity index is 1.72. The van der Waals surface area contributed by atoms with Crippen molar-refractivity contribution in [3.63, 3.8) is 0 Å². The van der Waals surface area contributed by atoms with Crippen LogP contribution in [0.4, 0.5) is 5.69 Å². The monoisotopic (exact) mass is 250 g/mol. The summed E-state index contributed by atoms with van der Waals surface area (Å²) >= 11 is 6.22. The number of nitrogen functional groups attached to an aromatic ring is 1. The molecule has 3 heteroatoms. The first kappa shape index (κ1) is 11.4. The molecular formula is C14H19ClN2. The molecule has 92 valence electrons. The van der Waals surface area contributed by atoms with E-state index in [0.717, 1.165) is 34.7 Å². The molecule has 3 rings (SSSR count). The average molecular weight is 251 g/mol. The number of anilines is 1. The highest BCUT2D eigenvalue weighted by Gasteiger charge is 2.36. The van der Waals surface area contributed by atoms with Crippen molar-refractivity contribution in [2.45, 2.75) is 25.8 Å². The molecule has 1 aromatic rings. The third kappa shape index (κ3) is 2.16. The third-order valence-corrected chi connectivity index (χ3v) is 4.69. The van der Waals surface area contributed by atoms with Crippen molar-refractivity contribution in [2.24, 2.45) is 11.8 Å². The second-order valence-corrected chi connectivity index (χ2v) is 5.86. The maximum atomic E-state index is 6.22. The smallest absolute Gasteiger partial charge is 0.0471 e. The Labute approximate surface area is 108 Å². The molecule has 2 unspecified atom stereocenters. The first-order chi connectivity index (χ1) is 8.24. The number of halogens is 1. The highest BCUT2D eigenvalue weighted by molar-refractivity contribution is 6.31. The van der Waals surface area contributed by atoms with E-state index in [4.69, 9.17) is 17.3 Å². The molecule has 2 fully saturated rings. The summed E-state index contributed by atoms with van der Waals surface area (Å²) in [6.07, 6.45) is 4.26. The molecule has 1 heterocycles. The summed E-state index contributed by atoms with van der Waals surface area (Å²) in [6.45, 7) is 3.38. The molecule has 2 N–H and O–H groups in total. The minimum Gasteiger partial charge on any atom is -0.398 e. The topological polar surface area (TPSA) is 29.3 Å². The van der Waals surface area contributed by atoms with Crippen molar-refractivity contribution in [3.05, 3.63) is 28.8 Å². The maximum Gasteiger partial charge on any atom is 0.0471 e. The second-order valence-electron chi connectivity index (χ2n) is 5.45. The van der Waals surface area contributed by atoms with Crippen LogP contribution < -0.4 is 5.73 Å². The largest absolute Gasteiger partial charge is 0.398 e. The van der Waals surface area contributed by atoms with Gasteiger partial charge in [0.1, 0.15) is 0 Å². The van der Waals surface area contributed by atoms with Crippen molar-refractivity contribution >= 4 is 17.3 Å². The molecule has 2 aliphatic rings. The Bertz CT molecular complexity index is 386. The summed E-state index contributed by atoms with van der Waals surface area (Å²) in [4.78, 5) is 2.52. The standard InChI is InChI=1S/C14H19ClN2/c15-13-5-2-6-14(16)12(13)9-17-7-10-3-1-4-11(10)8-17/h2,5-6,10-11H,1,3-4,7-9,16H2. The van der Waals surface area contributed by atoms with Crippen molar-refractivity contribution in [2.75, 3.05) is 18.8 Å². The Kier molecular flexibility index (Phi) is 3.01. The second kappa shape index (κ2) is 4.51. The normalized spacial score (nSPS) is 28.5. The van der Waals surface area contributed by atoms with Crippen LogP contribution in [0.25, 0.3) is 0 Å². The first-order valence-electron chi connectivity index (χ1n) is 6.49. The van der Waals surface area contributed by atoms with Crippen LogP contribution in [0.2, 0.25) is 5.02 Å². The van der Waals surface area contributed by atoms with E-state index in [1.165, 1.54) is 32.4 Å². The van der Waals surface area contributed by atoms with Gasteiger partial charge in [0.2, 0.25) is 0 Å². The van der Waals surface area contributed by atoms with Gasteiger partial charge in [-0.25, -0.2) is 0 Å². The predicted molar refractivity (Wildman–Crippen MR) is 72.0 cm³/mol. The molecule has 1 aliphatic carbocycles. The van der Waals surface area contributed by atoms with Crippen LogP contribution in [0.1, 0.15) is 24.8 Å². The molecular weight excluding hydrogens is 232 g/mol. The minimum atomic E-state index is 0.807. The fraction of sp³-hybridized carbons (Fsp3) is 0.571. The Morgan fingerprint density at radius 2 is 1.94 bits per heavy atom. The number of likely N-dealkylation sites (tertiary alicyclic amines) is 1. The highest BCUT2D eigenvalue weighted by Crippen LogP contribution is 2.38. The molecule has 2 atom stereocenters. The Morgan fingerprint density at radius 3 is 2.59 bits per heavy atom. The predicted octanol–water partition coefficient (Wildman–Crippen LogP) is 3.15. The fourth-order valence-electron chi connectivity index (χ4n) is 3.43. The fourth-order valence-corrected chi connectivity index (χ4v) is 3.67. The summed E-state index contributed by atoms with van der Waals surface area (Å²) in [5, 5.41) is 0.807. The van der Waals surface area contributed by atoms with Crippen molar-refractivity contribution in [3.8, 4) is 0 Å². The van der Waals surface area contributed by atoms with Gasteiger partial charge in [0.15, 0.2) is 0 Å². The lowest BCUT2D eigenvalue weighted by atomic mass is 10.0. The number of hydrogen-bond donors (Lipinski definition) is 1. The molecule has 1 aliphatic heterocycles. The van der Waals surface area contributed by atoms with Crippen molar-refractivity contribution in [1.29, 1.82) is 0 Å². The zero-order valence-electron chi connectivity index (χ0n) is 10.0. The summed E-state index contributed by atoms with van der Waals surface area (Å²) < 4.78 is 0. The summed E-state index contributed by atoms with van der Waals surface area (Å²) in [5.41, 5.74) is 7.94. The van der Waals surface area contributed by atoms with Crippen molar-refractivity contribution < 1.29 is 0 Å². The van der Waals surface area contributed by atoms with Gasteiger partial charge in [-0.05, 0) is 36.8 Å². The van der Waals surface area contributed by atoms with Crippen LogP contribution in [-0.4, -0.2) is 18.0 Å². The first-order valence-corrected chi connectivity index (χ1v) is 6.87. The van der Waals surface area contributed by atoms with Gasteiger partial charge in [0, 0.05) is 35.9 Å². The van der Waals surface area contributed by atoms with Crippen LogP contribution in [0.15, 0.2) is 18.2 Å². The van der Waals surface area contributed by atoms with Gasteiger partial charge < -0.3 is 5.73 Å². The van der Waals surface area contributed by atoms with Gasteiger partial charge in [-0.1, -0.05) is 24.1 Å². The number of fused-ring (bicyclic) bond motifs is 1. The van der Waals surface area contributed by atoms with Crippen LogP contribution in [-0.2, 0) is 6.54 Å². The number of rotatable bonds is 2. The molecule has 2 nitrogen and oxygen atoms in total. The van der Waals surface area contributed by atoms with E-state index in [0.29, 0.717) is 0 Å². The molecule has 0 spiro atoms. The van der Waals surface area contributed by atoms with Gasteiger partial charge in [0.25, 0.3) is 0 Å². The number of nitrogens with zero attached hydrogens (tertiary/aromatic N) is 1. The molecule has 1 saturated carbocycles. The number of nitrogens with two attached hydrogens (primary N) is 1. The van der Waals surface area contributed by atoms with E-state index in [1.807, 2.05) is 18.2 Å².